The van der Waals surface area contributed by atoms with Gasteiger partial charge < -0.3 is 10.5 Å². The minimum Gasteiger partial charge on any atom is -0.484 e. The zero-order valence-corrected chi connectivity index (χ0v) is 14.2. The lowest BCUT2D eigenvalue weighted by Crippen LogP contribution is -2.29. The molecule has 0 aliphatic carbocycles. The fraction of sp³-hybridized carbons (Fsp3) is 0.353. The van der Waals surface area contributed by atoms with Crippen LogP contribution in [0.3, 0.4) is 0 Å². The number of aromatic nitrogens is 1. The number of halogens is 1. The molecule has 1 aromatic carbocycles. The Balaban J connectivity index is 2.34. The van der Waals surface area contributed by atoms with E-state index >= 15 is 0 Å². The summed E-state index contributed by atoms with van der Waals surface area (Å²) in [5.41, 5.74) is 8.33. The topological polar surface area (TPSA) is 48.1 Å². The summed E-state index contributed by atoms with van der Waals surface area (Å²) in [6, 6.07) is 9.87. The standard InChI is InChI=1S/C17H21BrN2O/c1-11(2)15-10-14(18)4-5-16(15)21-17(12(3)19)13-6-8-20-9-7-13/h4-12,17H,19H2,1-3H3. The van der Waals surface area contributed by atoms with Gasteiger partial charge in [-0.25, -0.2) is 0 Å². The number of hydrogen-bond donors (Lipinski definition) is 1. The molecule has 0 amide bonds. The van der Waals surface area contributed by atoms with Crippen LogP contribution in [-0.2, 0) is 0 Å². The largest absolute Gasteiger partial charge is 0.484 e. The molecule has 0 saturated heterocycles. The fourth-order valence-corrected chi connectivity index (χ4v) is 2.63. The molecule has 0 saturated carbocycles. The fourth-order valence-electron chi connectivity index (χ4n) is 2.25. The van der Waals surface area contributed by atoms with Crippen molar-refractivity contribution in [1.29, 1.82) is 0 Å². The minimum atomic E-state index is -0.188. The molecule has 2 aromatic rings. The van der Waals surface area contributed by atoms with Crippen molar-refractivity contribution in [2.45, 2.75) is 38.8 Å². The Kier molecular flexibility index (Phi) is 5.37. The number of pyridine rings is 1. The number of benzene rings is 1. The highest BCUT2D eigenvalue weighted by Gasteiger charge is 2.20. The van der Waals surface area contributed by atoms with Crippen LogP contribution in [0, 0.1) is 0 Å². The van der Waals surface area contributed by atoms with Gasteiger partial charge in [-0.3, -0.25) is 4.98 Å². The van der Waals surface area contributed by atoms with Gasteiger partial charge in [-0.15, -0.1) is 0 Å². The summed E-state index contributed by atoms with van der Waals surface area (Å²) in [5, 5.41) is 0. The van der Waals surface area contributed by atoms with E-state index in [9.17, 15) is 0 Å². The average Bonchev–Trinajstić information content (AvgIpc) is 2.46. The molecule has 1 aromatic heterocycles. The van der Waals surface area contributed by atoms with E-state index in [1.165, 1.54) is 5.56 Å². The Hall–Kier alpha value is -1.39. The second kappa shape index (κ2) is 7.05. The Bertz CT molecular complexity index is 585. The summed E-state index contributed by atoms with van der Waals surface area (Å²) in [6.07, 6.45) is 3.34. The normalized spacial score (nSPS) is 14.0. The minimum absolute atomic E-state index is 0.115. The predicted octanol–water partition coefficient (Wildman–Crippen LogP) is 4.43. The number of nitrogens with two attached hydrogens (primary N) is 1. The molecule has 21 heavy (non-hydrogen) atoms. The zero-order valence-electron chi connectivity index (χ0n) is 12.6. The van der Waals surface area contributed by atoms with E-state index in [1.807, 2.05) is 31.2 Å². The van der Waals surface area contributed by atoms with Gasteiger partial charge in [-0.1, -0.05) is 29.8 Å². The molecule has 112 valence electrons. The maximum Gasteiger partial charge on any atom is 0.139 e. The molecular formula is C17H21BrN2O. The van der Waals surface area contributed by atoms with E-state index in [0.717, 1.165) is 15.8 Å². The second-order valence-corrected chi connectivity index (χ2v) is 6.43. The van der Waals surface area contributed by atoms with E-state index < -0.39 is 0 Å². The molecule has 2 atom stereocenters. The van der Waals surface area contributed by atoms with Crippen LogP contribution in [0.4, 0.5) is 0 Å². The van der Waals surface area contributed by atoms with Gasteiger partial charge in [0.25, 0.3) is 0 Å². The molecule has 2 N–H and O–H groups in total. The van der Waals surface area contributed by atoms with Crippen molar-refractivity contribution in [3.63, 3.8) is 0 Å². The van der Waals surface area contributed by atoms with Crippen molar-refractivity contribution in [3.05, 3.63) is 58.3 Å². The van der Waals surface area contributed by atoms with Crippen LogP contribution in [0.2, 0.25) is 0 Å². The summed E-state index contributed by atoms with van der Waals surface area (Å²) in [7, 11) is 0. The Morgan fingerprint density at radius 2 is 1.76 bits per heavy atom. The molecule has 1 heterocycles. The highest BCUT2D eigenvalue weighted by Crippen LogP contribution is 2.33. The van der Waals surface area contributed by atoms with Gasteiger partial charge >= 0.3 is 0 Å². The van der Waals surface area contributed by atoms with Crippen LogP contribution in [0.1, 0.15) is 43.9 Å². The molecule has 0 aliphatic heterocycles. The third kappa shape index (κ3) is 4.05. The molecule has 0 fully saturated rings. The van der Waals surface area contributed by atoms with Gasteiger partial charge in [0.05, 0.1) is 0 Å². The van der Waals surface area contributed by atoms with Gasteiger partial charge in [0.1, 0.15) is 11.9 Å². The van der Waals surface area contributed by atoms with Crippen LogP contribution in [0.25, 0.3) is 0 Å². The van der Waals surface area contributed by atoms with Gasteiger partial charge in [0.2, 0.25) is 0 Å². The quantitative estimate of drug-likeness (QED) is 0.868. The van der Waals surface area contributed by atoms with E-state index in [1.54, 1.807) is 12.4 Å². The van der Waals surface area contributed by atoms with Gasteiger partial charge in [-0.05, 0) is 54.3 Å². The van der Waals surface area contributed by atoms with Crippen molar-refractivity contribution in [2.24, 2.45) is 5.73 Å². The lowest BCUT2D eigenvalue weighted by atomic mass is 10.0. The Labute approximate surface area is 134 Å². The second-order valence-electron chi connectivity index (χ2n) is 5.51. The summed E-state index contributed by atoms with van der Waals surface area (Å²) < 4.78 is 7.29. The SMILES string of the molecule is CC(C)c1cc(Br)ccc1OC(c1ccncc1)C(C)N. The average molecular weight is 349 g/mol. The highest BCUT2D eigenvalue weighted by atomic mass is 79.9. The van der Waals surface area contributed by atoms with Gasteiger partial charge in [0, 0.05) is 22.9 Å². The van der Waals surface area contributed by atoms with Crippen LogP contribution in [-0.4, -0.2) is 11.0 Å². The summed E-state index contributed by atoms with van der Waals surface area (Å²) in [5.74, 6) is 1.26. The van der Waals surface area contributed by atoms with Crippen molar-refractivity contribution in [3.8, 4) is 5.75 Å². The third-order valence-electron chi connectivity index (χ3n) is 3.36. The molecule has 2 unspecified atom stereocenters. The first kappa shape index (κ1) is 16.0. The number of rotatable bonds is 5. The molecule has 3 nitrogen and oxygen atoms in total. The monoisotopic (exact) mass is 348 g/mol. The first-order chi connectivity index (χ1) is 9.99. The number of ether oxygens (including phenoxy) is 1. The lowest BCUT2D eigenvalue weighted by molar-refractivity contribution is 0.178. The van der Waals surface area contributed by atoms with Gasteiger partial charge in [-0.2, -0.15) is 0 Å². The molecule has 0 spiro atoms. The van der Waals surface area contributed by atoms with E-state index in [2.05, 4.69) is 40.8 Å². The Morgan fingerprint density at radius 3 is 2.33 bits per heavy atom. The molecule has 0 aliphatic rings. The summed E-state index contributed by atoms with van der Waals surface area (Å²) in [4.78, 5) is 4.05. The van der Waals surface area contributed by atoms with Crippen molar-refractivity contribution >= 4 is 15.9 Å². The van der Waals surface area contributed by atoms with Crippen LogP contribution in [0.15, 0.2) is 47.2 Å². The number of hydrogen-bond acceptors (Lipinski definition) is 3. The summed E-state index contributed by atoms with van der Waals surface area (Å²) in [6.45, 7) is 6.27. The number of nitrogens with zero attached hydrogens (tertiary/aromatic N) is 1. The first-order valence-corrected chi connectivity index (χ1v) is 7.90. The molecule has 0 radical (unpaired) electrons. The highest BCUT2D eigenvalue weighted by molar-refractivity contribution is 9.10. The molecular weight excluding hydrogens is 328 g/mol. The molecule has 4 heteroatoms. The molecule has 2 rings (SSSR count). The third-order valence-corrected chi connectivity index (χ3v) is 3.85. The van der Waals surface area contributed by atoms with Crippen LogP contribution >= 0.6 is 15.9 Å². The van der Waals surface area contributed by atoms with E-state index in [4.69, 9.17) is 10.5 Å². The smallest absolute Gasteiger partial charge is 0.139 e. The van der Waals surface area contributed by atoms with Crippen molar-refractivity contribution in [2.75, 3.05) is 0 Å². The Morgan fingerprint density at radius 1 is 1.10 bits per heavy atom. The van der Waals surface area contributed by atoms with Gasteiger partial charge in [0.15, 0.2) is 0 Å². The van der Waals surface area contributed by atoms with Crippen molar-refractivity contribution in [1.82, 2.24) is 4.98 Å². The lowest BCUT2D eigenvalue weighted by Gasteiger charge is -2.25. The predicted molar refractivity (Wildman–Crippen MR) is 89.5 cm³/mol. The van der Waals surface area contributed by atoms with Crippen molar-refractivity contribution < 1.29 is 4.74 Å². The van der Waals surface area contributed by atoms with Crippen LogP contribution in [0.5, 0.6) is 5.75 Å². The van der Waals surface area contributed by atoms with E-state index in [-0.39, 0.29) is 12.1 Å². The first-order valence-electron chi connectivity index (χ1n) is 7.10. The molecule has 0 bridgehead atoms. The van der Waals surface area contributed by atoms with Crippen LogP contribution < -0.4 is 10.5 Å². The summed E-state index contributed by atoms with van der Waals surface area (Å²) >= 11 is 3.52. The zero-order chi connectivity index (χ0) is 15.4. The maximum absolute atomic E-state index is 6.24. The van der Waals surface area contributed by atoms with E-state index in [0.29, 0.717) is 5.92 Å². The maximum atomic E-state index is 6.24.